The van der Waals surface area contributed by atoms with Crippen LogP contribution in [-0.2, 0) is 12.8 Å². The molecule has 1 aliphatic heterocycles. The molecule has 1 aliphatic carbocycles. The molecule has 0 atom stereocenters. The zero-order valence-corrected chi connectivity index (χ0v) is 21.5. The molecule has 3 aromatic rings. The summed E-state index contributed by atoms with van der Waals surface area (Å²) in [5.74, 6) is -1.36. The van der Waals surface area contributed by atoms with Gasteiger partial charge >= 0.3 is 0 Å². The SMILES string of the molecule is FCCCN1CC(Cc2ccc(C3=C(c4ccc(Cl)cc4Cl)CCCc4ccccc43)c(F)c2F)C1. The van der Waals surface area contributed by atoms with Gasteiger partial charge in [-0.3, -0.25) is 4.39 Å². The van der Waals surface area contributed by atoms with Crippen molar-refractivity contribution in [1.29, 1.82) is 0 Å². The molecular formula is C30H28Cl2F3N. The molecule has 0 amide bonds. The van der Waals surface area contributed by atoms with Crippen molar-refractivity contribution in [1.82, 2.24) is 4.90 Å². The van der Waals surface area contributed by atoms with E-state index in [1.54, 1.807) is 24.3 Å². The Hall–Kier alpha value is -2.27. The number of aryl methyl sites for hydroxylation is 1. The van der Waals surface area contributed by atoms with Gasteiger partial charge in [0, 0.05) is 35.2 Å². The monoisotopic (exact) mass is 529 g/mol. The van der Waals surface area contributed by atoms with Crippen molar-refractivity contribution in [3.05, 3.63) is 104 Å². The van der Waals surface area contributed by atoms with E-state index in [1.165, 1.54) is 0 Å². The maximum absolute atomic E-state index is 15.8. The van der Waals surface area contributed by atoms with Crippen LogP contribution in [0.2, 0.25) is 10.0 Å². The summed E-state index contributed by atoms with van der Waals surface area (Å²) >= 11 is 12.8. The molecular weight excluding hydrogens is 502 g/mol. The van der Waals surface area contributed by atoms with E-state index >= 15 is 8.78 Å². The number of hydrogen-bond acceptors (Lipinski definition) is 1. The molecule has 5 rings (SSSR count). The minimum Gasteiger partial charge on any atom is -0.303 e. The lowest BCUT2D eigenvalue weighted by molar-refractivity contribution is 0.0961. The van der Waals surface area contributed by atoms with E-state index in [1.807, 2.05) is 24.3 Å². The Kier molecular flexibility index (Phi) is 7.76. The number of hydrogen-bond donors (Lipinski definition) is 0. The highest BCUT2D eigenvalue weighted by molar-refractivity contribution is 6.36. The van der Waals surface area contributed by atoms with Crippen molar-refractivity contribution in [2.45, 2.75) is 32.1 Å². The quantitative estimate of drug-likeness (QED) is 0.297. The van der Waals surface area contributed by atoms with Crippen molar-refractivity contribution in [2.24, 2.45) is 5.92 Å². The number of rotatable bonds is 7. The fourth-order valence-electron chi connectivity index (χ4n) is 5.56. The molecule has 0 unspecified atom stereocenters. The molecule has 2 aliphatic rings. The number of alkyl halides is 1. The van der Waals surface area contributed by atoms with Crippen LogP contribution < -0.4 is 0 Å². The molecule has 36 heavy (non-hydrogen) atoms. The highest BCUT2D eigenvalue weighted by Crippen LogP contribution is 2.43. The van der Waals surface area contributed by atoms with Crippen molar-refractivity contribution >= 4 is 34.3 Å². The summed E-state index contributed by atoms with van der Waals surface area (Å²) in [4.78, 5) is 2.16. The van der Waals surface area contributed by atoms with Crippen LogP contribution in [0.1, 0.15) is 47.1 Å². The van der Waals surface area contributed by atoms with Crippen molar-refractivity contribution in [2.75, 3.05) is 26.3 Å². The number of benzene rings is 3. The Morgan fingerprint density at radius 3 is 2.42 bits per heavy atom. The molecule has 188 valence electrons. The van der Waals surface area contributed by atoms with E-state index in [0.29, 0.717) is 47.0 Å². The van der Waals surface area contributed by atoms with Crippen LogP contribution in [-0.4, -0.2) is 31.2 Å². The third kappa shape index (κ3) is 5.09. The zero-order chi connectivity index (χ0) is 25.2. The van der Waals surface area contributed by atoms with Crippen LogP contribution in [0.5, 0.6) is 0 Å². The van der Waals surface area contributed by atoms with Crippen LogP contribution in [0.25, 0.3) is 11.1 Å². The van der Waals surface area contributed by atoms with E-state index in [0.717, 1.165) is 48.2 Å². The molecule has 3 aromatic carbocycles. The van der Waals surface area contributed by atoms with E-state index in [-0.39, 0.29) is 18.2 Å². The number of allylic oxidation sites excluding steroid dienone is 1. The molecule has 1 nitrogen and oxygen atoms in total. The number of halogens is 5. The van der Waals surface area contributed by atoms with Crippen molar-refractivity contribution in [3.63, 3.8) is 0 Å². The first-order chi connectivity index (χ1) is 17.5. The minimum absolute atomic E-state index is 0.254. The van der Waals surface area contributed by atoms with Gasteiger partial charge in [0.1, 0.15) is 0 Å². The zero-order valence-electron chi connectivity index (χ0n) is 20.0. The predicted octanol–water partition coefficient (Wildman–Crippen LogP) is 8.40. The highest BCUT2D eigenvalue weighted by atomic mass is 35.5. The van der Waals surface area contributed by atoms with Gasteiger partial charge in [-0.05, 0) is 83.6 Å². The van der Waals surface area contributed by atoms with E-state index in [4.69, 9.17) is 23.2 Å². The average molecular weight is 530 g/mol. The van der Waals surface area contributed by atoms with Crippen LogP contribution in [0.3, 0.4) is 0 Å². The van der Waals surface area contributed by atoms with Gasteiger partial charge in [0.05, 0.1) is 6.67 Å². The summed E-state index contributed by atoms with van der Waals surface area (Å²) < 4.78 is 43.7. The van der Waals surface area contributed by atoms with E-state index in [2.05, 4.69) is 11.0 Å². The Bertz CT molecular complexity index is 1300. The Morgan fingerprint density at radius 1 is 0.861 bits per heavy atom. The maximum Gasteiger partial charge on any atom is 0.166 e. The lowest BCUT2D eigenvalue weighted by Gasteiger charge is -2.39. The van der Waals surface area contributed by atoms with Gasteiger partial charge in [0.15, 0.2) is 11.6 Å². The molecule has 1 fully saturated rings. The molecule has 0 N–H and O–H groups in total. The summed E-state index contributed by atoms with van der Waals surface area (Å²) in [6.45, 7) is 1.97. The second-order valence-electron chi connectivity index (χ2n) is 9.76. The van der Waals surface area contributed by atoms with Crippen molar-refractivity contribution < 1.29 is 13.2 Å². The van der Waals surface area contributed by atoms with Crippen LogP contribution in [0.4, 0.5) is 13.2 Å². The topological polar surface area (TPSA) is 3.24 Å². The third-order valence-electron chi connectivity index (χ3n) is 7.30. The van der Waals surface area contributed by atoms with Crippen LogP contribution in [0, 0.1) is 17.6 Å². The average Bonchev–Trinajstić information content (AvgIpc) is 3.03. The summed E-state index contributed by atoms with van der Waals surface area (Å²) in [5, 5.41) is 1.02. The Morgan fingerprint density at radius 2 is 1.64 bits per heavy atom. The molecule has 1 heterocycles. The lowest BCUT2D eigenvalue weighted by Crippen LogP contribution is -2.48. The van der Waals surface area contributed by atoms with Gasteiger partial charge in [-0.15, -0.1) is 0 Å². The molecule has 6 heteroatoms. The van der Waals surface area contributed by atoms with Crippen LogP contribution in [0.15, 0.2) is 54.6 Å². The number of likely N-dealkylation sites (tertiary alicyclic amines) is 1. The Balaban J connectivity index is 1.56. The standard InChI is InChI=1S/C30H28Cl2F3N/c31-22-10-12-24(27(32)16-22)25-8-3-6-20-5-1-2-7-23(20)28(25)26-11-9-21(29(34)30(26)35)15-19-17-36(18-19)14-4-13-33/h1-2,5,7,9-12,16,19H,3-4,6,8,13-15,17-18H2. The first-order valence-electron chi connectivity index (χ1n) is 12.5. The van der Waals surface area contributed by atoms with Gasteiger partial charge < -0.3 is 4.90 Å². The number of fused-ring (bicyclic) bond motifs is 1. The molecule has 0 bridgehead atoms. The maximum atomic E-state index is 15.8. The van der Waals surface area contributed by atoms with E-state index < -0.39 is 11.6 Å². The second kappa shape index (κ2) is 11.0. The molecule has 1 saturated heterocycles. The number of nitrogens with zero attached hydrogens (tertiary/aromatic N) is 1. The lowest BCUT2D eigenvalue weighted by atomic mass is 9.86. The molecule has 0 saturated carbocycles. The van der Waals surface area contributed by atoms with E-state index in [9.17, 15) is 4.39 Å². The third-order valence-corrected chi connectivity index (χ3v) is 7.85. The predicted molar refractivity (Wildman–Crippen MR) is 142 cm³/mol. The highest BCUT2D eigenvalue weighted by Gasteiger charge is 2.29. The molecule has 0 spiro atoms. The van der Waals surface area contributed by atoms with Gasteiger partial charge in [0.2, 0.25) is 0 Å². The first kappa shape index (κ1) is 25.4. The molecule has 0 aromatic heterocycles. The summed E-state index contributed by atoms with van der Waals surface area (Å²) in [5.41, 5.74) is 5.04. The largest absolute Gasteiger partial charge is 0.303 e. The molecule has 0 radical (unpaired) electrons. The van der Waals surface area contributed by atoms with Gasteiger partial charge in [-0.25, -0.2) is 8.78 Å². The minimum atomic E-state index is -0.824. The first-order valence-corrected chi connectivity index (χ1v) is 13.2. The second-order valence-corrected chi connectivity index (χ2v) is 10.6. The summed E-state index contributed by atoms with van der Waals surface area (Å²) in [7, 11) is 0. The summed E-state index contributed by atoms with van der Waals surface area (Å²) in [6.07, 6.45) is 3.39. The fraction of sp³-hybridized carbons (Fsp3) is 0.333. The van der Waals surface area contributed by atoms with Crippen LogP contribution >= 0.6 is 23.2 Å². The Labute approximate surface area is 220 Å². The smallest absolute Gasteiger partial charge is 0.166 e. The van der Waals surface area contributed by atoms with Gasteiger partial charge in [-0.1, -0.05) is 65.7 Å². The summed E-state index contributed by atoms with van der Waals surface area (Å²) in [6, 6.07) is 16.7. The van der Waals surface area contributed by atoms with Crippen molar-refractivity contribution in [3.8, 4) is 0 Å². The van der Waals surface area contributed by atoms with Gasteiger partial charge in [0.25, 0.3) is 0 Å². The fourth-order valence-corrected chi connectivity index (χ4v) is 6.08. The normalized spacial score (nSPS) is 16.6. The van der Waals surface area contributed by atoms with Gasteiger partial charge in [-0.2, -0.15) is 0 Å².